The fourth-order valence-corrected chi connectivity index (χ4v) is 2.53. The third-order valence-electron chi connectivity index (χ3n) is 3.98. The zero-order valence-electron chi connectivity index (χ0n) is 15.3. The molecule has 0 aliphatic carbocycles. The van der Waals surface area contributed by atoms with E-state index in [1.54, 1.807) is 0 Å². The molecule has 0 spiro atoms. The number of rotatable bonds is 10. The van der Waals surface area contributed by atoms with Crippen LogP contribution < -0.4 is 11.1 Å². The van der Waals surface area contributed by atoms with E-state index in [2.05, 4.69) is 20.8 Å². The van der Waals surface area contributed by atoms with Gasteiger partial charge in [-0.05, 0) is 23.2 Å². The number of tetrazole rings is 1. The summed E-state index contributed by atoms with van der Waals surface area (Å²) in [6.45, 7) is -0.792. The van der Waals surface area contributed by atoms with E-state index in [1.165, 1.54) is 0 Å². The number of hydrogen-bond acceptors (Lipinski definition) is 7. The van der Waals surface area contributed by atoms with Crippen LogP contribution in [0.1, 0.15) is 36.7 Å². The summed E-state index contributed by atoms with van der Waals surface area (Å²) >= 11 is 0. The number of carbonyl (C=O) groups excluding carboxylic acids is 1. The van der Waals surface area contributed by atoms with Gasteiger partial charge in [0.1, 0.15) is 24.0 Å². The van der Waals surface area contributed by atoms with Crippen LogP contribution in [-0.4, -0.2) is 43.3 Å². The van der Waals surface area contributed by atoms with Gasteiger partial charge in [-0.2, -0.15) is 0 Å². The molecular weight excluding hydrogens is 415 g/mol. The van der Waals surface area contributed by atoms with Crippen LogP contribution >= 0.6 is 12.4 Å². The molecule has 2 rings (SSSR count). The molecule has 1 amide bonds. The van der Waals surface area contributed by atoms with Crippen LogP contribution in [-0.2, 0) is 17.9 Å². The highest BCUT2D eigenvalue weighted by molar-refractivity contribution is 6.40. The van der Waals surface area contributed by atoms with E-state index in [0.717, 1.165) is 4.68 Å². The van der Waals surface area contributed by atoms with Crippen molar-refractivity contribution in [3.8, 4) is 0 Å². The van der Waals surface area contributed by atoms with E-state index in [-0.39, 0.29) is 31.1 Å². The molecule has 1 heterocycles. The number of nitrogens with zero attached hydrogens (tertiary/aromatic N) is 4. The third-order valence-corrected chi connectivity index (χ3v) is 3.98. The molecule has 0 fully saturated rings. The molecule has 5 N–H and O–H groups in total. The van der Waals surface area contributed by atoms with Crippen LogP contribution in [0.15, 0.2) is 12.1 Å². The summed E-state index contributed by atoms with van der Waals surface area (Å²) < 4.78 is 41.2. The van der Waals surface area contributed by atoms with Crippen molar-refractivity contribution in [2.45, 2.75) is 44.7 Å². The van der Waals surface area contributed by atoms with Crippen molar-refractivity contribution in [1.82, 2.24) is 25.5 Å². The van der Waals surface area contributed by atoms with Crippen molar-refractivity contribution in [1.29, 1.82) is 0 Å². The highest BCUT2D eigenvalue weighted by Gasteiger charge is 2.18. The summed E-state index contributed by atoms with van der Waals surface area (Å²) in [7, 11) is -1.37. The summed E-state index contributed by atoms with van der Waals surface area (Å²) in [5, 5.41) is 30.8. The molecule has 0 aliphatic rings. The first-order valence-corrected chi connectivity index (χ1v) is 8.55. The summed E-state index contributed by atoms with van der Waals surface area (Å²) in [6, 6.07) is 0.475. The minimum atomic E-state index is -1.37. The number of carbonyl (C=O) groups is 1. The maximum absolute atomic E-state index is 13.6. The fourth-order valence-electron chi connectivity index (χ4n) is 2.53. The van der Waals surface area contributed by atoms with Crippen LogP contribution in [0, 0.1) is 17.5 Å². The van der Waals surface area contributed by atoms with Crippen molar-refractivity contribution < 1.29 is 28.0 Å². The van der Waals surface area contributed by atoms with Crippen LogP contribution in [0.2, 0.25) is 6.32 Å². The lowest BCUT2D eigenvalue weighted by molar-refractivity contribution is -0.122. The van der Waals surface area contributed by atoms with Gasteiger partial charge in [0, 0.05) is 24.2 Å². The topological polar surface area (TPSA) is 139 Å². The molecule has 1 aromatic heterocycles. The Morgan fingerprint density at radius 3 is 2.52 bits per heavy atom. The van der Waals surface area contributed by atoms with E-state index in [0.29, 0.717) is 31.4 Å². The second-order valence-electron chi connectivity index (χ2n) is 6.19. The van der Waals surface area contributed by atoms with Gasteiger partial charge < -0.3 is 21.1 Å². The SMILES string of the molecule is Cl.NC(CCCCB(O)O)c1nnnn1CC(=O)NCc1c(F)cc(F)cc1F. The van der Waals surface area contributed by atoms with Crippen LogP contribution in [0.4, 0.5) is 13.2 Å². The number of aromatic nitrogens is 4. The Bertz CT molecular complexity index is 790. The Labute approximate surface area is 171 Å². The molecule has 9 nitrogen and oxygen atoms in total. The summed E-state index contributed by atoms with van der Waals surface area (Å²) in [4.78, 5) is 12.0. The minimum Gasteiger partial charge on any atom is -0.427 e. The molecule has 0 saturated heterocycles. The van der Waals surface area contributed by atoms with Crippen molar-refractivity contribution in [3.05, 3.63) is 41.0 Å². The molecule has 1 unspecified atom stereocenters. The zero-order chi connectivity index (χ0) is 20.7. The fraction of sp³-hybridized carbons (Fsp3) is 0.467. The smallest absolute Gasteiger partial charge is 0.427 e. The first kappa shape index (κ1) is 24.8. The lowest BCUT2D eigenvalue weighted by Crippen LogP contribution is -2.30. The molecule has 2 aromatic rings. The van der Waals surface area contributed by atoms with Gasteiger partial charge in [0.05, 0.1) is 6.04 Å². The van der Waals surface area contributed by atoms with Gasteiger partial charge in [0.2, 0.25) is 5.91 Å². The van der Waals surface area contributed by atoms with Gasteiger partial charge >= 0.3 is 7.12 Å². The minimum absolute atomic E-state index is 0. The normalized spacial score (nSPS) is 11.7. The number of benzene rings is 1. The number of unbranched alkanes of at least 4 members (excludes halogenated alkanes) is 1. The molecule has 160 valence electrons. The first-order chi connectivity index (χ1) is 13.3. The Hall–Kier alpha value is -2.22. The van der Waals surface area contributed by atoms with Crippen LogP contribution in [0.25, 0.3) is 0 Å². The molecule has 0 aliphatic heterocycles. The van der Waals surface area contributed by atoms with Crippen molar-refractivity contribution in [2.75, 3.05) is 0 Å². The molecule has 0 saturated carbocycles. The highest BCUT2D eigenvalue weighted by atomic mass is 35.5. The molecule has 14 heteroatoms. The lowest BCUT2D eigenvalue weighted by atomic mass is 9.83. The predicted molar refractivity (Wildman–Crippen MR) is 99.0 cm³/mol. The predicted octanol–water partition coefficient (Wildman–Crippen LogP) is 0.471. The Kier molecular flexibility index (Phi) is 10.0. The summed E-state index contributed by atoms with van der Waals surface area (Å²) in [6.07, 6.45) is 1.82. The zero-order valence-corrected chi connectivity index (χ0v) is 16.1. The van der Waals surface area contributed by atoms with Gasteiger partial charge in [-0.25, -0.2) is 17.9 Å². The molecule has 29 heavy (non-hydrogen) atoms. The first-order valence-electron chi connectivity index (χ1n) is 8.55. The van der Waals surface area contributed by atoms with Gasteiger partial charge in [0.25, 0.3) is 0 Å². The highest BCUT2D eigenvalue weighted by Crippen LogP contribution is 2.16. The van der Waals surface area contributed by atoms with Crippen LogP contribution in [0.5, 0.6) is 0 Å². The number of nitrogens with two attached hydrogens (primary N) is 1. The second kappa shape index (κ2) is 11.7. The molecule has 1 aromatic carbocycles. The van der Waals surface area contributed by atoms with E-state index in [1.807, 2.05) is 0 Å². The average molecular weight is 437 g/mol. The number of nitrogens with one attached hydrogen (secondary N) is 1. The molecule has 1 atom stereocenters. The van der Waals surface area contributed by atoms with E-state index in [4.69, 9.17) is 15.8 Å². The average Bonchev–Trinajstić information content (AvgIpc) is 3.05. The monoisotopic (exact) mass is 436 g/mol. The standard InChI is InChI=1S/C15H20BF3N6O3.ClH/c17-9-5-11(18)10(12(19)6-9)7-21-14(26)8-25-15(22-23-24-25)13(20)3-1-2-4-16(27)28;/h5-6,13,27-28H,1-4,7-8,20H2,(H,21,26);1H. The number of hydrogen-bond donors (Lipinski definition) is 4. The maximum Gasteiger partial charge on any atom is 0.451 e. The Balaban J connectivity index is 0.00000420. The summed E-state index contributed by atoms with van der Waals surface area (Å²) in [5.41, 5.74) is 5.53. The maximum atomic E-state index is 13.6. The Morgan fingerprint density at radius 2 is 1.90 bits per heavy atom. The van der Waals surface area contributed by atoms with Gasteiger partial charge in [-0.15, -0.1) is 17.5 Å². The number of halogens is 4. The Morgan fingerprint density at radius 1 is 1.24 bits per heavy atom. The second-order valence-corrected chi connectivity index (χ2v) is 6.19. The van der Waals surface area contributed by atoms with Crippen LogP contribution in [0.3, 0.4) is 0 Å². The van der Waals surface area contributed by atoms with Crippen molar-refractivity contribution in [3.63, 3.8) is 0 Å². The van der Waals surface area contributed by atoms with Crippen molar-refractivity contribution >= 4 is 25.4 Å². The summed E-state index contributed by atoms with van der Waals surface area (Å²) in [5.74, 6) is -3.62. The van der Waals surface area contributed by atoms with E-state index >= 15 is 0 Å². The quantitative estimate of drug-likeness (QED) is 0.314. The van der Waals surface area contributed by atoms with E-state index in [9.17, 15) is 18.0 Å². The number of amides is 1. The lowest BCUT2D eigenvalue weighted by Gasteiger charge is -2.12. The molecule has 0 bridgehead atoms. The van der Waals surface area contributed by atoms with Gasteiger partial charge in [-0.3, -0.25) is 4.79 Å². The van der Waals surface area contributed by atoms with Crippen molar-refractivity contribution in [2.24, 2.45) is 5.73 Å². The molecule has 0 radical (unpaired) electrons. The van der Waals surface area contributed by atoms with Gasteiger partial charge in [-0.1, -0.05) is 12.8 Å². The largest absolute Gasteiger partial charge is 0.451 e. The van der Waals surface area contributed by atoms with E-state index < -0.39 is 48.6 Å². The third kappa shape index (κ3) is 7.61. The van der Waals surface area contributed by atoms with Gasteiger partial charge in [0.15, 0.2) is 5.82 Å². The molecular formula is C15H21BClF3N6O3.